The van der Waals surface area contributed by atoms with E-state index >= 15 is 0 Å². The van der Waals surface area contributed by atoms with Crippen LogP contribution < -0.4 is 10.1 Å². The van der Waals surface area contributed by atoms with Crippen LogP contribution in [0.4, 0.5) is 10.5 Å². The number of nitrogens with one attached hydrogen (secondary N) is 1. The Kier molecular flexibility index (Phi) is 12.0. The Hall–Kier alpha value is -1.46. The van der Waals surface area contributed by atoms with E-state index in [1.54, 1.807) is 0 Å². The van der Waals surface area contributed by atoms with E-state index < -0.39 is 6.09 Å². The van der Waals surface area contributed by atoms with Gasteiger partial charge in [-0.2, -0.15) is 0 Å². The number of likely N-dealkylation sites (N-methyl/N-ethyl adjacent to an activating group) is 1. The van der Waals surface area contributed by atoms with E-state index in [0.29, 0.717) is 24.1 Å². The van der Waals surface area contributed by atoms with E-state index in [2.05, 4.69) is 17.1 Å². The average Bonchev–Trinajstić information content (AvgIpc) is 2.66. The molecule has 0 aliphatic heterocycles. The molecule has 1 saturated carbocycles. The highest BCUT2D eigenvalue weighted by atomic mass is 35.5. The zero-order valence-corrected chi connectivity index (χ0v) is 18.4. The molecule has 0 spiro atoms. The molecule has 1 amide bonds. The molecule has 1 fully saturated rings. The minimum absolute atomic E-state index is 0. The number of benzene rings is 1. The summed E-state index contributed by atoms with van der Waals surface area (Å²) in [5, 5.41) is 2.87. The predicted octanol–water partition coefficient (Wildman–Crippen LogP) is 5.88. The Balaban J connectivity index is 0.00000392. The van der Waals surface area contributed by atoms with Crippen LogP contribution in [0.25, 0.3) is 0 Å². The predicted molar refractivity (Wildman–Crippen MR) is 118 cm³/mol. The molecule has 6 heteroatoms. The summed E-state index contributed by atoms with van der Waals surface area (Å²) in [6.07, 6.45) is 9.83. The maximum Gasteiger partial charge on any atom is 0.412 e. The molecule has 1 aliphatic carbocycles. The number of unbranched alkanes of at least 4 members (excludes halogenated alkanes) is 4. The van der Waals surface area contributed by atoms with Gasteiger partial charge in [-0.15, -0.1) is 12.4 Å². The summed E-state index contributed by atoms with van der Waals surface area (Å²) in [5.74, 6) is 0.706. The van der Waals surface area contributed by atoms with Crippen LogP contribution >= 0.6 is 12.4 Å². The van der Waals surface area contributed by atoms with E-state index in [1.165, 1.54) is 32.1 Å². The van der Waals surface area contributed by atoms with Crippen molar-refractivity contribution < 1.29 is 14.3 Å². The molecule has 1 aromatic carbocycles. The largest absolute Gasteiger partial charge is 0.491 e. The van der Waals surface area contributed by atoms with Crippen LogP contribution in [0.5, 0.6) is 5.75 Å². The standard InChI is InChI=1S/C22H36N2O3.ClH/c1-4-5-6-7-12-17-26-20-15-10-8-13-18(20)23-22(25)27-21-16-11-9-14-19(21)24(2)3;/h8,10,13,15,19,21H,4-7,9,11-12,14,16-17H2,1-3H3,(H,23,25);1H/t19-,21-;/m1./s1. The van der Waals surface area contributed by atoms with Crippen molar-refractivity contribution in [3.8, 4) is 5.75 Å². The first-order valence-electron chi connectivity index (χ1n) is 10.5. The quantitative estimate of drug-likeness (QED) is 0.487. The molecule has 0 radical (unpaired) electrons. The van der Waals surface area contributed by atoms with Crippen LogP contribution in [0.1, 0.15) is 64.7 Å². The Labute approximate surface area is 176 Å². The van der Waals surface area contributed by atoms with E-state index in [0.717, 1.165) is 25.7 Å². The summed E-state index contributed by atoms with van der Waals surface area (Å²) in [4.78, 5) is 14.6. The van der Waals surface area contributed by atoms with Crippen molar-refractivity contribution in [2.45, 2.75) is 76.9 Å². The van der Waals surface area contributed by atoms with Gasteiger partial charge in [-0.3, -0.25) is 5.32 Å². The molecular weight excluding hydrogens is 376 g/mol. The number of ether oxygens (including phenoxy) is 2. The summed E-state index contributed by atoms with van der Waals surface area (Å²) in [5.41, 5.74) is 0.674. The molecule has 160 valence electrons. The van der Waals surface area contributed by atoms with Gasteiger partial charge in [0.2, 0.25) is 0 Å². The summed E-state index contributed by atoms with van der Waals surface area (Å²) in [6.45, 7) is 2.88. The average molecular weight is 413 g/mol. The Bertz CT molecular complexity index is 568. The van der Waals surface area contributed by atoms with E-state index in [9.17, 15) is 4.79 Å². The lowest BCUT2D eigenvalue weighted by atomic mass is 9.92. The lowest BCUT2D eigenvalue weighted by molar-refractivity contribution is 0.0272. The molecule has 0 aromatic heterocycles. The number of amides is 1. The maximum atomic E-state index is 12.4. The fraction of sp³-hybridized carbons (Fsp3) is 0.682. The second kappa shape index (κ2) is 13.7. The number of rotatable bonds is 10. The van der Waals surface area contributed by atoms with E-state index in [-0.39, 0.29) is 18.5 Å². The molecule has 0 heterocycles. The third-order valence-corrected chi connectivity index (χ3v) is 5.22. The highest BCUT2D eigenvalue weighted by molar-refractivity contribution is 5.86. The number of nitrogens with zero attached hydrogens (tertiary/aromatic N) is 1. The SMILES string of the molecule is CCCCCCCOc1ccccc1NC(=O)O[C@@H]1CCCC[C@H]1N(C)C.Cl. The van der Waals surface area contributed by atoms with Gasteiger partial charge in [0.1, 0.15) is 11.9 Å². The minimum atomic E-state index is -0.396. The van der Waals surface area contributed by atoms with Crippen molar-refractivity contribution in [2.75, 3.05) is 26.0 Å². The normalized spacial score (nSPS) is 19.0. The van der Waals surface area contributed by atoms with E-state index in [1.807, 2.05) is 38.4 Å². The second-order valence-electron chi connectivity index (χ2n) is 7.64. The van der Waals surface area contributed by atoms with Crippen molar-refractivity contribution >= 4 is 24.2 Å². The molecule has 0 saturated heterocycles. The summed E-state index contributed by atoms with van der Waals surface area (Å²) in [6, 6.07) is 7.86. The lowest BCUT2D eigenvalue weighted by Crippen LogP contribution is -2.44. The Morgan fingerprint density at radius 1 is 1.11 bits per heavy atom. The lowest BCUT2D eigenvalue weighted by Gasteiger charge is -2.35. The van der Waals surface area contributed by atoms with Crippen LogP contribution in [0, 0.1) is 0 Å². The van der Waals surface area contributed by atoms with Gasteiger partial charge in [0, 0.05) is 6.04 Å². The Morgan fingerprint density at radius 3 is 2.57 bits per heavy atom. The number of anilines is 1. The van der Waals surface area contributed by atoms with Gasteiger partial charge < -0.3 is 14.4 Å². The summed E-state index contributed by atoms with van der Waals surface area (Å²) >= 11 is 0. The molecule has 1 N–H and O–H groups in total. The fourth-order valence-electron chi connectivity index (χ4n) is 3.67. The summed E-state index contributed by atoms with van der Waals surface area (Å²) in [7, 11) is 4.10. The number of carbonyl (C=O) groups excluding carboxylic acids is 1. The number of para-hydroxylation sites is 2. The van der Waals surface area contributed by atoms with Crippen LogP contribution in [-0.2, 0) is 4.74 Å². The first-order valence-corrected chi connectivity index (χ1v) is 10.5. The molecule has 1 aliphatic rings. The van der Waals surface area contributed by atoms with Crippen LogP contribution in [-0.4, -0.2) is 43.8 Å². The van der Waals surface area contributed by atoms with Crippen LogP contribution in [0.15, 0.2) is 24.3 Å². The fourth-order valence-corrected chi connectivity index (χ4v) is 3.67. The van der Waals surface area contributed by atoms with Crippen molar-refractivity contribution in [3.63, 3.8) is 0 Å². The zero-order valence-electron chi connectivity index (χ0n) is 17.6. The third-order valence-electron chi connectivity index (χ3n) is 5.22. The number of halogens is 1. The Morgan fingerprint density at radius 2 is 1.82 bits per heavy atom. The number of hydrogen-bond acceptors (Lipinski definition) is 4. The summed E-state index contributed by atoms with van der Waals surface area (Å²) < 4.78 is 11.6. The maximum absolute atomic E-state index is 12.4. The highest BCUT2D eigenvalue weighted by Crippen LogP contribution is 2.27. The molecule has 0 unspecified atom stereocenters. The molecule has 0 bridgehead atoms. The first kappa shape index (κ1) is 24.6. The smallest absolute Gasteiger partial charge is 0.412 e. The molecular formula is C22H37ClN2O3. The van der Waals surface area contributed by atoms with Crippen LogP contribution in [0.2, 0.25) is 0 Å². The van der Waals surface area contributed by atoms with Crippen molar-refractivity contribution in [3.05, 3.63) is 24.3 Å². The van der Waals surface area contributed by atoms with Gasteiger partial charge in [-0.25, -0.2) is 4.79 Å². The third kappa shape index (κ3) is 8.27. The monoisotopic (exact) mass is 412 g/mol. The molecule has 2 atom stereocenters. The van der Waals surface area contributed by atoms with Gasteiger partial charge in [0.05, 0.1) is 12.3 Å². The van der Waals surface area contributed by atoms with E-state index in [4.69, 9.17) is 9.47 Å². The molecule has 1 aromatic rings. The van der Waals surface area contributed by atoms with Crippen molar-refractivity contribution in [1.82, 2.24) is 4.90 Å². The molecule has 5 nitrogen and oxygen atoms in total. The van der Waals surface area contributed by atoms with Crippen molar-refractivity contribution in [1.29, 1.82) is 0 Å². The molecule has 2 rings (SSSR count). The highest BCUT2D eigenvalue weighted by Gasteiger charge is 2.30. The zero-order chi connectivity index (χ0) is 19.5. The van der Waals surface area contributed by atoms with Gasteiger partial charge in [-0.05, 0) is 51.9 Å². The number of carbonyl (C=O) groups is 1. The van der Waals surface area contributed by atoms with Crippen molar-refractivity contribution in [2.24, 2.45) is 0 Å². The number of hydrogen-bond donors (Lipinski definition) is 1. The first-order chi connectivity index (χ1) is 13.1. The van der Waals surface area contributed by atoms with Gasteiger partial charge in [-0.1, -0.05) is 51.2 Å². The van der Waals surface area contributed by atoms with Gasteiger partial charge >= 0.3 is 6.09 Å². The second-order valence-corrected chi connectivity index (χ2v) is 7.64. The van der Waals surface area contributed by atoms with Gasteiger partial charge in [0.15, 0.2) is 0 Å². The molecule has 28 heavy (non-hydrogen) atoms. The van der Waals surface area contributed by atoms with Gasteiger partial charge in [0.25, 0.3) is 0 Å². The minimum Gasteiger partial charge on any atom is -0.491 e. The van der Waals surface area contributed by atoms with Crippen LogP contribution in [0.3, 0.4) is 0 Å². The topological polar surface area (TPSA) is 50.8 Å².